The number of nitrogens with one attached hydrogen (secondary N) is 3. The van der Waals surface area contributed by atoms with Crippen molar-refractivity contribution >= 4 is 23.7 Å². The Kier molecular flexibility index (Phi) is 8.97. The smallest absolute Gasteiger partial charge is 0.322 e. The van der Waals surface area contributed by atoms with Crippen LogP contribution in [0, 0.1) is 0 Å². The van der Waals surface area contributed by atoms with Crippen molar-refractivity contribution in [2.24, 2.45) is 0 Å². The number of rotatable bonds is 6. The lowest BCUT2D eigenvalue weighted by Gasteiger charge is -2.42. The topological polar surface area (TPSA) is 121 Å². The number of aromatic amines is 1. The molecule has 1 unspecified atom stereocenters. The first kappa shape index (κ1) is 29.2. The van der Waals surface area contributed by atoms with Crippen LogP contribution in [0.5, 0.6) is 0 Å². The maximum Gasteiger partial charge on any atom is 0.322 e. The molecule has 43 heavy (non-hydrogen) atoms. The van der Waals surface area contributed by atoms with E-state index >= 15 is 0 Å². The molecule has 0 bridgehead atoms. The molecule has 230 valence electrons. The van der Waals surface area contributed by atoms with E-state index in [4.69, 9.17) is 0 Å². The summed E-state index contributed by atoms with van der Waals surface area (Å²) in [5.41, 5.74) is 2.53. The number of amides is 5. The van der Waals surface area contributed by atoms with E-state index in [0.29, 0.717) is 58.0 Å². The molecular weight excluding hydrogens is 546 g/mol. The molecule has 0 radical (unpaired) electrons. The van der Waals surface area contributed by atoms with Crippen molar-refractivity contribution in [2.45, 2.75) is 76.0 Å². The summed E-state index contributed by atoms with van der Waals surface area (Å²) in [5.74, 6) is -0.0739. The molecule has 0 spiro atoms. The van der Waals surface area contributed by atoms with Gasteiger partial charge in [-0.1, -0.05) is 30.7 Å². The van der Waals surface area contributed by atoms with E-state index in [0.717, 1.165) is 42.7 Å². The van der Waals surface area contributed by atoms with E-state index < -0.39 is 6.04 Å². The Bertz CT molecular complexity index is 1340. The molecule has 11 heteroatoms. The molecule has 11 nitrogen and oxygen atoms in total. The van der Waals surface area contributed by atoms with Gasteiger partial charge in [-0.25, -0.2) is 9.59 Å². The molecule has 1 aromatic heterocycles. The average Bonchev–Trinajstić information content (AvgIpc) is 3.05. The molecule has 3 saturated heterocycles. The van der Waals surface area contributed by atoms with Crippen LogP contribution in [0.1, 0.15) is 56.1 Å². The zero-order chi connectivity index (χ0) is 29.8. The van der Waals surface area contributed by atoms with Crippen molar-refractivity contribution in [3.8, 4) is 0 Å². The normalized spacial score (nSPS) is 21.2. The monoisotopic (exact) mass is 589 g/mol. The van der Waals surface area contributed by atoms with Gasteiger partial charge in [0.15, 0.2) is 0 Å². The van der Waals surface area contributed by atoms with Crippen molar-refractivity contribution in [3.05, 3.63) is 64.1 Å². The van der Waals surface area contributed by atoms with E-state index in [1.807, 2.05) is 34.1 Å². The number of hydrogen-bond donors (Lipinski definition) is 3. The SMILES string of the molecule is O=C(NC(Cc1ccc(=O)[nH]c1)C(=O)N1CCC(N2CCCCC2)CC1)N1CCC(N2Cc3ccccc3NC2=O)CC1. The highest BCUT2D eigenvalue weighted by Crippen LogP contribution is 2.28. The molecule has 4 aliphatic rings. The second kappa shape index (κ2) is 13.2. The molecule has 1 aromatic carbocycles. The van der Waals surface area contributed by atoms with E-state index in [9.17, 15) is 19.2 Å². The van der Waals surface area contributed by atoms with Crippen molar-refractivity contribution in [1.82, 2.24) is 29.9 Å². The van der Waals surface area contributed by atoms with Gasteiger partial charge in [0.05, 0.1) is 0 Å². The lowest BCUT2D eigenvalue weighted by molar-refractivity contribution is -0.134. The first-order valence-corrected chi connectivity index (χ1v) is 15.9. The second-order valence-electron chi connectivity index (χ2n) is 12.4. The zero-order valence-corrected chi connectivity index (χ0v) is 24.8. The van der Waals surface area contributed by atoms with Crippen LogP contribution in [-0.2, 0) is 17.8 Å². The van der Waals surface area contributed by atoms with Crippen molar-refractivity contribution in [2.75, 3.05) is 44.6 Å². The Morgan fingerprint density at radius 1 is 0.837 bits per heavy atom. The lowest BCUT2D eigenvalue weighted by Crippen LogP contribution is -2.57. The predicted molar refractivity (Wildman–Crippen MR) is 164 cm³/mol. The van der Waals surface area contributed by atoms with Gasteiger partial charge in [0, 0.05) is 69.2 Å². The molecule has 0 aliphatic carbocycles. The lowest BCUT2D eigenvalue weighted by atomic mass is 9.98. The molecule has 5 amide bonds. The number of fused-ring (bicyclic) bond motifs is 1. The summed E-state index contributed by atoms with van der Waals surface area (Å²) in [5, 5.41) is 6.02. The quantitative estimate of drug-likeness (QED) is 0.479. The summed E-state index contributed by atoms with van der Waals surface area (Å²) in [7, 11) is 0. The van der Waals surface area contributed by atoms with Crippen molar-refractivity contribution in [1.29, 1.82) is 0 Å². The minimum absolute atomic E-state index is 0.0391. The Morgan fingerprint density at radius 3 is 2.26 bits per heavy atom. The van der Waals surface area contributed by atoms with E-state index in [1.54, 1.807) is 17.2 Å². The number of nitrogens with zero attached hydrogens (tertiary/aromatic N) is 4. The summed E-state index contributed by atoms with van der Waals surface area (Å²) in [6.45, 7) is 5.23. The summed E-state index contributed by atoms with van der Waals surface area (Å²) >= 11 is 0. The Labute approximate surface area is 252 Å². The van der Waals surface area contributed by atoms with Gasteiger partial charge in [-0.05, 0) is 68.8 Å². The number of aromatic nitrogens is 1. The third-order valence-corrected chi connectivity index (χ3v) is 9.62. The average molecular weight is 590 g/mol. The van der Waals surface area contributed by atoms with Crippen molar-refractivity contribution in [3.63, 3.8) is 0 Å². The molecule has 1 atom stereocenters. The summed E-state index contributed by atoms with van der Waals surface area (Å²) < 4.78 is 0. The number of urea groups is 2. The fourth-order valence-electron chi connectivity index (χ4n) is 7.10. The first-order valence-electron chi connectivity index (χ1n) is 15.9. The molecular formula is C32H43N7O4. The van der Waals surface area contributed by atoms with Gasteiger partial charge in [0.1, 0.15) is 6.04 Å². The summed E-state index contributed by atoms with van der Waals surface area (Å²) in [6.07, 6.45) is 8.98. The van der Waals surface area contributed by atoms with Gasteiger partial charge in [-0.3, -0.25) is 9.59 Å². The van der Waals surface area contributed by atoms with Gasteiger partial charge < -0.3 is 35.2 Å². The maximum absolute atomic E-state index is 13.8. The number of carbonyl (C=O) groups is 3. The fraction of sp³-hybridized carbons (Fsp3) is 0.562. The van der Waals surface area contributed by atoms with Crippen LogP contribution in [0.15, 0.2) is 47.4 Å². The van der Waals surface area contributed by atoms with Crippen molar-refractivity contribution < 1.29 is 14.4 Å². The molecule has 3 fully saturated rings. The molecule has 4 aliphatic heterocycles. The van der Waals surface area contributed by atoms with E-state index in [1.165, 1.54) is 25.3 Å². The van der Waals surface area contributed by atoms with Gasteiger partial charge in [0.25, 0.3) is 0 Å². The van der Waals surface area contributed by atoms with Gasteiger partial charge in [0.2, 0.25) is 11.5 Å². The maximum atomic E-state index is 13.8. The Morgan fingerprint density at radius 2 is 1.53 bits per heavy atom. The van der Waals surface area contributed by atoms with E-state index in [2.05, 4.69) is 20.5 Å². The minimum atomic E-state index is -0.730. The fourth-order valence-corrected chi connectivity index (χ4v) is 7.10. The Hall–Kier alpha value is -3.86. The van der Waals surface area contributed by atoms with Crippen LogP contribution < -0.4 is 16.2 Å². The zero-order valence-electron chi connectivity index (χ0n) is 24.8. The van der Waals surface area contributed by atoms with Crippen LogP contribution in [0.2, 0.25) is 0 Å². The van der Waals surface area contributed by atoms with Gasteiger partial charge in [-0.2, -0.15) is 0 Å². The van der Waals surface area contributed by atoms with Crippen LogP contribution in [0.4, 0.5) is 15.3 Å². The summed E-state index contributed by atoms with van der Waals surface area (Å²) in [4.78, 5) is 62.5. The third kappa shape index (κ3) is 6.87. The number of pyridine rings is 1. The highest BCUT2D eigenvalue weighted by atomic mass is 16.2. The Balaban J connectivity index is 1.07. The number of benzene rings is 1. The van der Waals surface area contributed by atoms with Gasteiger partial charge in [-0.15, -0.1) is 0 Å². The molecule has 6 rings (SSSR count). The minimum Gasteiger partial charge on any atom is -0.341 e. The molecule has 2 aromatic rings. The third-order valence-electron chi connectivity index (χ3n) is 9.62. The highest BCUT2D eigenvalue weighted by Gasteiger charge is 2.35. The van der Waals surface area contributed by atoms with Crippen LogP contribution in [0.25, 0.3) is 0 Å². The van der Waals surface area contributed by atoms with Crippen LogP contribution >= 0.6 is 0 Å². The van der Waals surface area contributed by atoms with E-state index in [-0.39, 0.29) is 29.6 Å². The number of likely N-dealkylation sites (tertiary alicyclic amines) is 3. The number of piperidine rings is 3. The number of carbonyl (C=O) groups excluding carboxylic acids is 3. The standard InChI is InChI=1S/C32H43N7O4/c40-29-9-8-23(21-33-29)20-28(30(41)37-16-10-25(11-17-37)36-14-4-1-5-15-36)35-31(42)38-18-12-26(13-19-38)39-22-24-6-2-3-7-27(24)34-32(39)43/h2-3,6-9,21,25-26,28H,1,4-5,10-20,22H2,(H,33,40)(H,34,43)(H,35,42). The molecule has 5 heterocycles. The number of anilines is 1. The number of H-pyrrole nitrogens is 1. The number of para-hydroxylation sites is 1. The largest absolute Gasteiger partial charge is 0.341 e. The molecule has 3 N–H and O–H groups in total. The van der Waals surface area contributed by atoms with Crippen LogP contribution in [0.3, 0.4) is 0 Å². The van der Waals surface area contributed by atoms with Crippen LogP contribution in [-0.4, -0.2) is 99.9 Å². The second-order valence-corrected chi connectivity index (χ2v) is 12.4. The highest BCUT2D eigenvalue weighted by molar-refractivity contribution is 5.92. The summed E-state index contributed by atoms with van der Waals surface area (Å²) in [6, 6.07) is 10.5. The first-order chi connectivity index (χ1) is 20.9. The molecule has 0 saturated carbocycles. The number of hydrogen-bond acceptors (Lipinski definition) is 5. The van der Waals surface area contributed by atoms with Gasteiger partial charge >= 0.3 is 12.1 Å². The predicted octanol–water partition coefficient (Wildman–Crippen LogP) is 2.98.